The van der Waals surface area contributed by atoms with Crippen molar-refractivity contribution in [1.29, 1.82) is 5.26 Å². The second-order valence-electron chi connectivity index (χ2n) is 5.21. The molecule has 0 atom stereocenters. The lowest BCUT2D eigenvalue weighted by Gasteiger charge is -2.15. The lowest BCUT2D eigenvalue weighted by atomic mass is 10.1. The van der Waals surface area contributed by atoms with Crippen molar-refractivity contribution in [3.63, 3.8) is 0 Å². The molecule has 2 aromatic rings. The molecule has 0 amide bonds. The van der Waals surface area contributed by atoms with Crippen LogP contribution in [0.1, 0.15) is 18.1 Å². The highest BCUT2D eigenvalue weighted by Gasteiger charge is 2.13. The molecule has 2 aromatic carbocycles. The van der Waals surface area contributed by atoms with Crippen LogP contribution in [0.2, 0.25) is 5.02 Å². The Hall–Kier alpha value is -1.82. The number of nitrogens with zero attached hydrogens (tertiary/aromatic N) is 1. The Kier molecular flexibility index (Phi) is 7.69. The van der Waals surface area contributed by atoms with Crippen LogP contribution in [0.5, 0.6) is 11.5 Å². The van der Waals surface area contributed by atoms with Crippen LogP contribution in [-0.4, -0.2) is 11.6 Å². The SMILES string of the molecule is CCOc1cc(/C=C(\C#N)C(N)=S)cc(I)c1OCc1ccc(Cl)cc1. The minimum absolute atomic E-state index is 0.0588. The minimum atomic E-state index is 0.0588. The van der Waals surface area contributed by atoms with Crippen molar-refractivity contribution in [2.45, 2.75) is 13.5 Å². The van der Waals surface area contributed by atoms with E-state index in [1.807, 2.05) is 43.3 Å². The van der Waals surface area contributed by atoms with Crippen molar-refractivity contribution in [2.24, 2.45) is 5.73 Å². The third-order valence-electron chi connectivity index (χ3n) is 3.33. The molecule has 26 heavy (non-hydrogen) atoms. The molecule has 7 heteroatoms. The minimum Gasteiger partial charge on any atom is -0.490 e. The van der Waals surface area contributed by atoms with Gasteiger partial charge in [0.2, 0.25) is 0 Å². The number of benzene rings is 2. The molecule has 2 rings (SSSR count). The van der Waals surface area contributed by atoms with Crippen LogP contribution in [-0.2, 0) is 6.61 Å². The molecule has 0 aliphatic rings. The molecule has 134 valence electrons. The fraction of sp³-hybridized carbons (Fsp3) is 0.158. The summed E-state index contributed by atoms with van der Waals surface area (Å²) < 4.78 is 12.5. The molecule has 0 unspecified atom stereocenters. The average molecular weight is 499 g/mol. The molecule has 0 saturated heterocycles. The number of nitriles is 1. The van der Waals surface area contributed by atoms with Crippen LogP contribution in [0.4, 0.5) is 0 Å². The van der Waals surface area contributed by atoms with E-state index >= 15 is 0 Å². The topological polar surface area (TPSA) is 68.3 Å². The monoisotopic (exact) mass is 498 g/mol. The average Bonchev–Trinajstić information content (AvgIpc) is 2.60. The third-order valence-corrected chi connectivity index (χ3v) is 4.60. The Morgan fingerprint density at radius 1 is 1.31 bits per heavy atom. The molecule has 0 aliphatic carbocycles. The molecule has 0 heterocycles. The molecular weight excluding hydrogens is 483 g/mol. The predicted octanol–water partition coefficient (Wildman–Crippen LogP) is 5.12. The summed E-state index contributed by atoms with van der Waals surface area (Å²) in [7, 11) is 0. The number of thiocarbonyl (C=S) groups is 1. The van der Waals surface area contributed by atoms with Crippen LogP contribution in [0.25, 0.3) is 6.08 Å². The standard InChI is InChI=1S/C19H16ClIN2O2S/c1-2-24-17-9-13(7-14(10-22)19(23)26)8-16(21)18(17)25-11-12-3-5-15(20)6-4-12/h3-9H,2,11H2,1H3,(H2,23,26)/b14-7+. The van der Waals surface area contributed by atoms with E-state index in [-0.39, 0.29) is 10.6 Å². The normalized spacial score (nSPS) is 10.9. The zero-order chi connectivity index (χ0) is 19.1. The van der Waals surface area contributed by atoms with Crippen molar-refractivity contribution in [3.8, 4) is 17.6 Å². The van der Waals surface area contributed by atoms with E-state index in [0.29, 0.717) is 29.7 Å². The van der Waals surface area contributed by atoms with Gasteiger partial charge in [0.15, 0.2) is 11.5 Å². The molecule has 0 spiro atoms. The number of nitrogens with two attached hydrogens (primary N) is 1. The molecule has 0 fully saturated rings. The highest BCUT2D eigenvalue weighted by atomic mass is 127. The van der Waals surface area contributed by atoms with E-state index < -0.39 is 0 Å². The van der Waals surface area contributed by atoms with Crippen LogP contribution in [0.3, 0.4) is 0 Å². The first-order chi connectivity index (χ1) is 12.4. The molecule has 0 aliphatic heterocycles. The van der Waals surface area contributed by atoms with Crippen molar-refractivity contribution in [3.05, 3.63) is 61.7 Å². The maximum atomic E-state index is 9.13. The second kappa shape index (κ2) is 9.76. The number of ether oxygens (including phenoxy) is 2. The molecular formula is C19H16ClIN2O2S. The smallest absolute Gasteiger partial charge is 0.175 e. The summed E-state index contributed by atoms with van der Waals surface area (Å²) in [5.74, 6) is 1.24. The largest absolute Gasteiger partial charge is 0.490 e. The molecule has 0 bridgehead atoms. The summed E-state index contributed by atoms with van der Waals surface area (Å²) in [6.07, 6.45) is 1.63. The maximum Gasteiger partial charge on any atom is 0.175 e. The summed E-state index contributed by atoms with van der Waals surface area (Å²) in [6.45, 7) is 2.77. The first-order valence-electron chi connectivity index (χ1n) is 7.69. The molecule has 2 N–H and O–H groups in total. The summed E-state index contributed by atoms with van der Waals surface area (Å²) in [4.78, 5) is 0.0588. The first kappa shape index (κ1) is 20.5. The Labute approximate surface area is 176 Å². The van der Waals surface area contributed by atoms with E-state index in [1.54, 1.807) is 12.1 Å². The van der Waals surface area contributed by atoms with Crippen LogP contribution in [0, 0.1) is 14.9 Å². The Morgan fingerprint density at radius 2 is 2.00 bits per heavy atom. The van der Waals surface area contributed by atoms with E-state index in [4.69, 9.17) is 44.3 Å². The van der Waals surface area contributed by atoms with Gasteiger partial charge in [0.1, 0.15) is 17.7 Å². The molecule has 0 aromatic heterocycles. The first-order valence-corrected chi connectivity index (χ1v) is 9.56. The summed E-state index contributed by atoms with van der Waals surface area (Å²) in [6, 6.07) is 13.1. The lowest BCUT2D eigenvalue weighted by molar-refractivity contribution is 0.267. The van der Waals surface area contributed by atoms with Crippen molar-refractivity contribution in [1.82, 2.24) is 0 Å². The van der Waals surface area contributed by atoms with Crippen LogP contribution < -0.4 is 15.2 Å². The van der Waals surface area contributed by atoms with Gasteiger partial charge in [-0.3, -0.25) is 0 Å². The summed E-state index contributed by atoms with van der Waals surface area (Å²) >= 11 is 13.0. The quantitative estimate of drug-likeness (QED) is 0.248. The van der Waals surface area contributed by atoms with Gasteiger partial charge < -0.3 is 15.2 Å². The van der Waals surface area contributed by atoms with Crippen molar-refractivity contribution >= 4 is 57.5 Å². The van der Waals surface area contributed by atoms with Gasteiger partial charge in [0, 0.05) is 5.02 Å². The fourth-order valence-corrected chi connectivity index (χ4v) is 3.15. The third kappa shape index (κ3) is 5.59. The van der Waals surface area contributed by atoms with E-state index in [9.17, 15) is 0 Å². The highest BCUT2D eigenvalue weighted by molar-refractivity contribution is 14.1. The van der Waals surface area contributed by atoms with Gasteiger partial charge in [-0.25, -0.2) is 0 Å². The van der Waals surface area contributed by atoms with Gasteiger partial charge in [-0.1, -0.05) is 36.0 Å². The zero-order valence-corrected chi connectivity index (χ0v) is 17.7. The van der Waals surface area contributed by atoms with Crippen molar-refractivity contribution < 1.29 is 9.47 Å². The Morgan fingerprint density at radius 3 is 2.58 bits per heavy atom. The molecule has 0 saturated carbocycles. The van der Waals surface area contributed by atoms with Crippen molar-refractivity contribution in [2.75, 3.05) is 6.61 Å². The van der Waals surface area contributed by atoms with Gasteiger partial charge in [0.05, 0.1) is 15.8 Å². The summed E-state index contributed by atoms with van der Waals surface area (Å²) in [5, 5.41) is 9.81. The fourth-order valence-electron chi connectivity index (χ4n) is 2.14. The number of hydrogen-bond donors (Lipinski definition) is 1. The van der Waals surface area contributed by atoms with Crippen LogP contribution >= 0.6 is 46.4 Å². The van der Waals surface area contributed by atoms with E-state index in [2.05, 4.69) is 22.6 Å². The highest BCUT2D eigenvalue weighted by Crippen LogP contribution is 2.35. The molecule has 4 nitrogen and oxygen atoms in total. The van der Waals surface area contributed by atoms with E-state index in [0.717, 1.165) is 14.7 Å². The predicted molar refractivity (Wildman–Crippen MR) is 116 cm³/mol. The van der Waals surface area contributed by atoms with Gasteiger partial charge in [-0.05, 0) is 71.0 Å². The zero-order valence-electron chi connectivity index (χ0n) is 14.0. The maximum absolute atomic E-state index is 9.13. The van der Waals surface area contributed by atoms with Gasteiger partial charge >= 0.3 is 0 Å². The number of halogens is 2. The van der Waals surface area contributed by atoms with E-state index in [1.165, 1.54) is 0 Å². The lowest BCUT2D eigenvalue weighted by Crippen LogP contribution is -2.09. The van der Waals surface area contributed by atoms with Gasteiger partial charge in [-0.15, -0.1) is 0 Å². The van der Waals surface area contributed by atoms with Gasteiger partial charge in [-0.2, -0.15) is 5.26 Å². The Balaban J connectivity index is 2.32. The molecule has 0 radical (unpaired) electrons. The second-order valence-corrected chi connectivity index (χ2v) is 7.25. The van der Waals surface area contributed by atoms with Crippen LogP contribution in [0.15, 0.2) is 42.0 Å². The Bertz CT molecular complexity index is 876. The number of rotatable bonds is 7. The van der Waals surface area contributed by atoms with Gasteiger partial charge in [0.25, 0.3) is 0 Å². The number of hydrogen-bond acceptors (Lipinski definition) is 4. The summed E-state index contributed by atoms with van der Waals surface area (Å²) in [5.41, 5.74) is 7.56.